The molecule has 0 unspecified atom stereocenters. The number of carbonyl (C=O) groups excluding carboxylic acids is 1. The van der Waals surface area contributed by atoms with Crippen molar-refractivity contribution >= 4 is 5.91 Å². The van der Waals surface area contributed by atoms with Crippen molar-refractivity contribution in [3.8, 4) is 5.69 Å². The highest BCUT2D eigenvalue weighted by molar-refractivity contribution is 5.92. The van der Waals surface area contributed by atoms with Crippen molar-refractivity contribution in [2.24, 2.45) is 0 Å². The molecule has 7 heteroatoms. The van der Waals surface area contributed by atoms with E-state index in [1.807, 2.05) is 4.90 Å². The van der Waals surface area contributed by atoms with Gasteiger partial charge in [-0.3, -0.25) is 9.69 Å². The van der Waals surface area contributed by atoms with Gasteiger partial charge in [0.2, 0.25) is 0 Å². The SMILES string of the molecule is Cc1cc(F)ccc1-n1cc(C(=O)N2CCN(C3CCC3)CC2)nn1. The number of carbonyl (C=O) groups is 1. The first kappa shape index (κ1) is 16.2. The lowest BCUT2D eigenvalue weighted by atomic mass is 9.91. The predicted octanol–water partition coefficient (Wildman–Crippen LogP) is 2.03. The van der Waals surface area contributed by atoms with Crippen molar-refractivity contribution < 1.29 is 9.18 Å². The molecular weight excluding hydrogens is 321 g/mol. The van der Waals surface area contributed by atoms with Gasteiger partial charge < -0.3 is 4.90 Å². The summed E-state index contributed by atoms with van der Waals surface area (Å²) in [6.07, 6.45) is 5.54. The van der Waals surface area contributed by atoms with E-state index in [1.54, 1.807) is 19.2 Å². The van der Waals surface area contributed by atoms with E-state index < -0.39 is 0 Å². The van der Waals surface area contributed by atoms with Gasteiger partial charge in [0.05, 0.1) is 11.9 Å². The van der Waals surface area contributed by atoms with Crippen molar-refractivity contribution in [2.45, 2.75) is 32.2 Å². The molecule has 0 N–H and O–H groups in total. The van der Waals surface area contributed by atoms with E-state index >= 15 is 0 Å². The van der Waals surface area contributed by atoms with Crippen LogP contribution in [-0.2, 0) is 0 Å². The van der Waals surface area contributed by atoms with Crippen LogP contribution in [0.15, 0.2) is 24.4 Å². The monoisotopic (exact) mass is 343 g/mol. The Morgan fingerprint density at radius 2 is 1.96 bits per heavy atom. The molecule has 2 heterocycles. The fraction of sp³-hybridized carbons (Fsp3) is 0.500. The molecule has 2 aliphatic rings. The molecule has 1 aromatic heterocycles. The summed E-state index contributed by atoms with van der Waals surface area (Å²) in [5.41, 5.74) is 1.81. The Labute approximate surface area is 146 Å². The molecule has 1 aliphatic heterocycles. The Kier molecular flexibility index (Phi) is 4.25. The van der Waals surface area contributed by atoms with Gasteiger partial charge in [-0.05, 0) is 43.5 Å². The first-order valence-corrected chi connectivity index (χ1v) is 8.84. The first-order valence-electron chi connectivity index (χ1n) is 8.84. The van der Waals surface area contributed by atoms with Crippen LogP contribution >= 0.6 is 0 Å². The van der Waals surface area contributed by atoms with Gasteiger partial charge >= 0.3 is 0 Å². The lowest BCUT2D eigenvalue weighted by Gasteiger charge is -2.42. The lowest BCUT2D eigenvalue weighted by molar-refractivity contribution is 0.0451. The zero-order valence-corrected chi connectivity index (χ0v) is 14.4. The van der Waals surface area contributed by atoms with Crippen LogP contribution in [0.1, 0.15) is 35.3 Å². The summed E-state index contributed by atoms with van der Waals surface area (Å²) in [4.78, 5) is 17.0. The second-order valence-corrected chi connectivity index (χ2v) is 6.89. The Balaban J connectivity index is 1.44. The summed E-state index contributed by atoms with van der Waals surface area (Å²) >= 11 is 0. The molecule has 4 rings (SSSR count). The number of hydrogen-bond donors (Lipinski definition) is 0. The third kappa shape index (κ3) is 3.16. The molecule has 6 nitrogen and oxygen atoms in total. The van der Waals surface area contributed by atoms with Crippen LogP contribution < -0.4 is 0 Å². The van der Waals surface area contributed by atoms with E-state index in [9.17, 15) is 9.18 Å². The normalized spacial score (nSPS) is 19.0. The Morgan fingerprint density at radius 3 is 2.60 bits per heavy atom. The number of nitrogens with zero attached hydrogens (tertiary/aromatic N) is 5. The van der Waals surface area contributed by atoms with Gasteiger partial charge in [0.1, 0.15) is 5.82 Å². The number of amides is 1. The summed E-state index contributed by atoms with van der Waals surface area (Å²) < 4.78 is 14.8. The van der Waals surface area contributed by atoms with E-state index in [2.05, 4.69) is 15.2 Å². The summed E-state index contributed by atoms with van der Waals surface area (Å²) in [5, 5.41) is 8.07. The summed E-state index contributed by atoms with van der Waals surface area (Å²) in [5.74, 6) is -0.374. The van der Waals surface area contributed by atoms with Crippen LogP contribution in [0, 0.1) is 12.7 Å². The standard InChI is InChI=1S/C18H22FN5O/c1-13-11-14(19)5-6-17(13)24-12-16(20-21-24)18(25)23-9-7-22(8-10-23)15-3-2-4-15/h5-6,11-12,15H,2-4,7-10H2,1H3. The van der Waals surface area contributed by atoms with E-state index in [1.165, 1.54) is 36.1 Å². The highest BCUT2D eigenvalue weighted by atomic mass is 19.1. The minimum absolute atomic E-state index is 0.0840. The molecule has 0 bridgehead atoms. The average Bonchev–Trinajstić information content (AvgIpc) is 3.03. The molecule has 1 aromatic carbocycles. The molecule has 1 aliphatic carbocycles. The van der Waals surface area contributed by atoms with Crippen molar-refractivity contribution in [3.05, 3.63) is 41.5 Å². The number of benzene rings is 1. The highest BCUT2D eigenvalue weighted by Crippen LogP contribution is 2.25. The number of hydrogen-bond acceptors (Lipinski definition) is 4. The maximum absolute atomic E-state index is 13.2. The Morgan fingerprint density at radius 1 is 1.20 bits per heavy atom. The van der Waals surface area contributed by atoms with Crippen molar-refractivity contribution in [3.63, 3.8) is 0 Å². The number of piperazine rings is 1. The second-order valence-electron chi connectivity index (χ2n) is 6.89. The van der Waals surface area contributed by atoms with Gasteiger partial charge in [0.15, 0.2) is 5.69 Å². The number of aryl methyl sites for hydroxylation is 1. The smallest absolute Gasteiger partial charge is 0.276 e. The van der Waals surface area contributed by atoms with E-state index in [-0.39, 0.29) is 11.7 Å². The minimum Gasteiger partial charge on any atom is -0.335 e. The number of halogens is 1. The topological polar surface area (TPSA) is 54.3 Å². The second kappa shape index (κ2) is 6.55. The Bertz CT molecular complexity index is 778. The molecular formula is C18H22FN5O. The Hall–Kier alpha value is -2.28. The molecule has 0 atom stereocenters. The van der Waals surface area contributed by atoms with Crippen molar-refractivity contribution in [1.29, 1.82) is 0 Å². The molecule has 0 radical (unpaired) electrons. The van der Waals surface area contributed by atoms with Gasteiger partial charge in [0, 0.05) is 32.2 Å². The fourth-order valence-electron chi connectivity index (χ4n) is 3.56. The van der Waals surface area contributed by atoms with Crippen LogP contribution in [0.4, 0.5) is 4.39 Å². The third-order valence-corrected chi connectivity index (χ3v) is 5.31. The van der Waals surface area contributed by atoms with Gasteiger partial charge in [-0.2, -0.15) is 0 Å². The maximum Gasteiger partial charge on any atom is 0.276 e. The van der Waals surface area contributed by atoms with E-state index in [0.29, 0.717) is 5.69 Å². The summed E-state index contributed by atoms with van der Waals surface area (Å²) in [6, 6.07) is 5.19. The van der Waals surface area contributed by atoms with E-state index in [0.717, 1.165) is 43.5 Å². The van der Waals surface area contributed by atoms with Gasteiger partial charge in [-0.25, -0.2) is 9.07 Å². The van der Waals surface area contributed by atoms with Crippen LogP contribution in [-0.4, -0.2) is 62.9 Å². The zero-order valence-electron chi connectivity index (χ0n) is 14.4. The van der Waals surface area contributed by atoms with Crippen LogP contribution in [0.25, 0.3) is 5.69 Å². The van der Waals surface area contributed by atoms with Crippen molar-refractivity contribution in [2.75, 3.05) is 26.2 Å². The third-order valence-electron chi connectivity index (χ3n) is 5.31. The molecule has 1 saturated carbocycles. The number of rotatable bonds is 3. The number of aromatic nitrogens is 3. The maximum atomic E-state index is 13.2. The molecule has 132 valence electrons. The lowest BCUT2D eigenvalue weighted by Crippen LogP contribution is -2.53. The van der Waals surface area contributed by atoms with Crippen molar-refractivity contribution in [1.82, 2.24) is 24.8 Å². The molecule has 2 fully saturated rings. The molecule has 1 amide bonds. The van der Waals surface area contributed by atoms with Gasteiger partial charge in [-0.15, -0.1) is 5.10 Å². The minimum atomic E-state index is -0.290. The molecule has 25 heavy (non-hydrogen) atoms. The van der Waals surface area contributed by atoms with Crippen LogP contribution in [0.5, 0.6) is 0 Å². The molecule has 1 saturated heterocycles. The first-order chi connectivity index (χ1) is 12.1. The fourth-order valence-corrected chi connectivity index (χ4v) is 3.56. The van der Waals surface area contributed by atoms with Gasteiger partial charge in [0.25, 0.3) is 5.91 Å². The summed E-state index contributed by atoms with van der Waals surface area (Å²) in [6.45, 7) is 5.14. The quantitative estimate of drug-likeness (QED) is 0.856. The van der Waals surface area contributed by atoms with Crippen LogP contribution in [0.3, 0.4) is 0 Å². The zero-order chi connectivity index (χ0) is 17.4. The summed E-state index contributed by atoms with van der Waals surface area (Å²) in [7, 11) is 0. The van der Waals surface area contributed by atoms with Gasteiger partial charge in [-0.1, -0.05) is 11.6 Å². The average molecular weight is 343 g/mol. The van der Waals surface area contributed by atoms with Crippen LogP contribution in [0.2, 0.25) is 0 Å². The molecule has 0 spiro atoms. The highest BCUT2D eigenvalue weighted by Gasteiger charge is 2.30. The van der Waals surface area contributed by atoms with E-state index in [4.69, 9.17) is 0 Å². The predicted molar refractivity (Wildman–Crippen MR) is 91.2 cm³/mol. The largest absolute Gasteiger partial charge is 0.335 e. The molecule has 2 aromatic rings.